The smallest absolute Gasteiger partial charge is 0.323 e. The van der Waals surface area contributed by atoms with Crippen molar-refractivity contribution in [2.75, 3.05) is 22.5 Å². The lowest BCUT2D eigenvalue weighted by atomic mass is 10.1. The van der Waals surface area contributed by atoms with Gasteiger partial charge in [-0.1, -0.05) is 18.2 Å². The molecule has 1 aliphatic heterocycles. The van der Waals surface area contributed by atoms with Crippen molar-refractivity contribution in [1.82, 2.24) is 0 Å². The molecule has 19 heavy (non-hydrogen) atoms. The Hall–Kier alpha value is -2.49. The Kier molecular flexibility index (Phi) is 3.06. The molecule has 0 aromatic heterocycles. The van der Waals surface area contributed by atoms with Crippen molar-refractivity contribution in [3.8, 4) is 0 Å². The third-order valence-electron chi connectivity index (χ3n) is 3.10. The average Bonchev–Trinajstić information content (AvgIpc) is 2.87. The molecule has 1 aliphatic rings. The van der Waals surface area contributed by atoms with Crippen molar-refractivity contribution in [2.24, 2.45) is 0 Å². The lowest BCUT2D eigenvalue weighted by Crippen LogP contribution is -2.19. The molecule has 0 saturated heterocycles. The van der Waals surface area contributed by atoms with Crippen LogP contribution >= 0.6 is 0 Å². The average molecular weight is 253 g/mol. The van der Waals surface area contributed by atoms with Gasteiger partial charge in [-0.05, 0) is 42.3 Å². The first-order chi connectivity index (χ1) is 9.31. The van der Waals surface area contributed by atoms with E-state index in [1.165, 1.54) is 5.56 Å². The van der Waals surface area contributed by atoms with Crippen molar-refractivity contribution < 1.29 is 4.79 Å². The molecule has 0 radical (unpaired) electrons. The summed E-state index contributed by atoms with van der Waals surface area (Å²) in [6, 6.07) is 15.1. The van der Waals surface area contributed by atoms with Crippen LogP contribution in [0.4, 0.5) is 21.9 Å². The number of hydrogen-bond donors (Lipinski definition) is 3. The highest BCUT2D eigenvalue weighted by Crippen LogP contribution is 2.25. The van der Waals surface area contributed by atoms with Gasteiger partial charge >= 0.3 is 6.03 Å². The maximum absolute atomic E-state index is 11.8. The van der Waals surface area contributed by atoms with Crippen LogP contribution in [-0.2, 0) is 6.42 Å². The van der Waals surface area contributed by atoms with Gasteiger partial charge in [-0.15, -0.1) is 0 Å². The van der Waals surface area contributed by atoms with Gasteiger partial charge in [0.1, 0.15) is 0 Å². The number of benzene rings is 2. The molecule has 96 valence electrons. The summed E-state index contributed by atoms with van der Waals surface area (Å²) in [5, 5.41) is 8.93. The molecule has 3 N–H and O–H groups in total. The van der Waals surface area contributed by atoms with Crippen molar-refractivity contribution in [3.05, 3.63) is 54.1 Å². The molecule has 0 atom stereocenters. The van der Waals surface area contributed by atoms with Crippen LogP contribution in [0.3, 0.4) is 0 Å². The standard InChI is InChI=1S/C15H15N3O/c19-15(17-12-4-2-1-3-5-12)18-13-6-7-14-11(10-13)8-9-16-14/h1-7,10,16H,8-9H2,(H2,17,18,19). The number of urea groups is 1. The lowest BCUT2D eigenvalue weighted by molar-refractivity contribution is 0.262. The molecule has 2 aromatic carbocycles. The van der Waals surface area contributed by atoms with Crippen molar-refractivity contribution in [3.63, 3.8) is 0 Å². The summed E-state index contributed by atoms with van der Waals surface area (Å²) < 4.78 is 0. The zero-order chi connectivity index (χ0) is 13.1. The number of rotatable bonds is 2. The fourth-order valence-corrected chi connectivity index (χ4v) is 2.20. The normalized spacial score (nSPS) is 12.4. The molecule has 2 aromatic rings. The first-order valence-electron chi connectivity index (χ1n) is 6.31. The summed E-state index contributed by atoms with van der Waals surface area (Å²) in [5.41, 5.74) is 4.00. The number of anilines is 3. The fraction of sp³-hybridized carbons (Fsp3) is 0.133. The summed E-state index contributed by atoms with van der Waals surface area (Å²) in [6.07, 6.45) is 1.01. The van der Waals surface area contributed by atoms with E-state index in [2.05, 4.69) is 16.0 Å². The molecule has 0 saturated carbocycles. The highest BCUT2D eigenvalue weighted by Gasteiger charge is 2.10. The third-order valence-corrected chi connectivity index (χ3v) is 3.10. The molecule has 0 unspecified atom stereocenters. The number of nitrogens with one attached hydrogen (secondary N) is 3. The summed E-state index contributed by atoms with van der Waals surface area (Å²) in [5.74, 6) is 0. The van der Waals surface area contributed by atoms with Gasteiger partial charge in [0, 0.05) is 23.6 Å². The minimum Gasteiger partial charge on any atom is -0.384 e. The predicted molar refractivity (Wildman–Crippen MR) is 77.7 cm³/mol. The number of carbonyl (C=O) groups is 1. The van der Waals surface area contributed by atoms with E-state index in [1.807, 2.05) is 48.5 Å². The van der Waals surface area contributed by atoms with E-state index in [9.17, 15) is 4.79 Å². The van der Waals surface area contributed by atoms with Crippen LogP contribution in [0.1, 0.15) is 5.56 Å². The highest BCUT2D eigenvalue weighted by atomic mass is 16.2. The van der Waals surface area contributed by atoms with Gasteiger partial charge in [0.25, 0.3) is 0 Å². The van der Waals surface area contributed by atoms with Crippen molar-refractivity contribution >= 4 is 23.1 Å². The molecular formula is C15H15N3O. The van der Waals surface area contributed by atoms with Gasteiger partial charge < -0.3 is 16.0 Å². The van der Waals surface area contributed by atoms with Crippen LogP contribution in [-0.4, -0.2) is 12.6 Å². The second-order valence-electron chi connectivity index (χ2n) is 4.49. The van der Waals surface area contributed by atoms with Crippen LogP contribution < -0.4 is 16.0 Å². The second-order valence-corrected chi connectivity index (χ2v) is 4.49. The van der Waals surface area contributed by atoms with E-state index >= 15 is 0 Å². The van der Waals surface area contributed by atoms with E-state index in [0.717, 1.165) is 30.0 Å². The first-order valence-corrected chi connectivity index (χ1v) is 6.31. The Bertz CT molecular complexity index is 596. The van der Waals surface area contributed by atoms with Crippen LogP contribution in [0, 0.1) is 0 Å². The number of carbonyl (C=O) groups excluding carboxylic acids is 1. The Morgan fingerprint density at radius 2 is 1.79 bits per heavy atom. The molecule has 0 spiro atoms. The van der Waals surface area contributed by atoms with Crippen LogP contribution in [0.2, 0.25) is 0 Å². The van der Waals surface area contributed by atoms with E-state index in [1.54, 1.807) is 0 Å². The van der Waals surface area contributed by atoms with Gasteiger partial charge in [0.15, 0.2) is 0 Å². The third kappa shape index (κ3) is 2.68. The van der Waals surface area contributed by atoms with E-state index in [-0.39, 0.29) is 6.03 Å². The second kappa shape index (κ2) is 5.02. The number of amides is 2. The number of hydrogen-bond acceptors (Lipinski definition) is 2. The van der Waals surface area contributed by atoms with Crippen LogP contribution in [0.5, 0.6) is 0 Å². The zero-order valence-electron chi connectivity index (χ0n) is 10.4. The van der Waals surface area contributed by atoms with Crippen molar-refractivity contribution in [1.29, 1.82) is 0 Å². The Morgan fingerprint density at radius 3 is 2.63 bits per heavy atom. The Labute approximate surface area is 111 Å². The number of fused-ring (bicyclic) bond motifs is 1. The minimum absolute atomic E-state index is 0.225. The quantitative estimate of drug-likeness (QED) is 0.769. The van der Waals surface area contributed by atoms with Crippen LogP contribution in [0.15, 0.2) is 48.5 Å². The summed E-state index contributed by atoms with van der Waals surface area (Å²) >= 11 is 0. The predicted octanol–water partition coefficient (Wildman–Crippen LogP) is 3.30. The summed E-state index contributed by atoms with van der Waals surface area (Å²) in [6.45, 7) is 0.967. The Morgan fingerprint density at radius 1 is 1.00 bits per heavy atom. The fourth-order valence-electron chi connectivity index (χ4n) is 2.20. The largest absolute Gasteiger partial charge is 0.384 e. The van der Waals surface area contributed by atoms with E-state index in [0.29, 0.717) is 0 Å². The molecule has 3 rings (SSSR count). The maximum Gasteiger partial charge on any atom is 0.323 e. The van der Waals surface area contributed by atoms with E-state index in [4.69, 9.17) is 0 Å². The molecule has 1 heterocycles. The Balaban J connectivity index is 1.66. The van der Waals surface area contributed by atoms with Gasteiger partial charge in [0.05, 0.1) is 0 Å². The maximum atomic E-state index is 11.8. The van der Waals surface area contributed by atoms with Crippen LogP contribution in [0.25, 0.3) is 0 Å². The molecule has 0 fully saturated rings. The molecular weight excluding hydrogens is 238 g/mol. The SMILES string of the molecule is O=C(Nc1ccccc1)Nc1ccc2c(c1)CCN2. The summed E-state index contributed by atoms with van der Waals surface area (Å²) in [4.78, 5) is 11.8. The highest BCUT2D eigenvalue weighted by molar-refractivity contribution is 5.99. The van der Waals surface area contributed by atoms with Crippen molar-refractivity contribution in [2.45, 2.75) is 6.42 Å². The molecule has 2 amide bonds. The lowest BCUT2D eigenvalue weighted by Gasteiger charge is -2.08. The zero-order valence-corrected chi connectivity index (χ0v) is 10.4. The van der Waals surface area contributed by atoms with Gasteiger partial charge in [-0.3, -0.25) is 0 Å². The van der Waals surface area contributed by atoms with Gasteiger partial charge in [-0.2, -0.15) is 0 Å². The summed E-state index contributed by atoms with van der Waals surface area (Å²) in [7, 11) is 0. The van der Waals surface area contributed by atoms with Gasteiger partial charge in [-0.25, -0.2) is 4.79 Å². The monoisotopic (exact) mass is 253 g/mol. The molecule has 0 aliphatic carbocycles. The molecule has 4 heteroatoms. The number of para-hydroxylation sites is 1. The molecule has 4 nitrogen and oxygen atoms in total. The van der Waals surface area contributed by atoms with Gasteiger partial charge in [0.2, 0.25) is 0 Å². The minimum atomic E-state index is -0.225. The van der Waals surface area contributed by atoms with E-state index < -0.39 is 0 Å². The first kappa shape index (κ1) is 11.6. The topological polar surface area (TPSA) is 53.2 Å². The molecule has 0 bridgehead atoms.